The largest absolute Gasteiger partial charge is 0.456 e. The second-order valence-electron chi connectivity index (χ2n) is 10.8. The third-order valence-corrected chi connectivity index (χ3v) is 9.48. The molecule has 0 fully saturated rings. The van der Waals surface area contributed by atoms with Gasteiger partial charge in [0.25, 0.3) is 0 Å². The highest BCUT2D eigenvalue weighted by atomic mass is 32.2. The number of fused-ring (bicyclic) bond motifs is 9. The number of hydrogen-bond acceptors (Lipinski definition) is 3. The first kappa shape index (κ1) is 23.0. The Kier molecular flexibility index (Phi) is 4.99. The Morgan fingerprint density at radius 1 is 0.415 bits per heavy atom. The van der Waals surface area contributed by atoms with Crippen LogP contribution >= 0.6 is 11.8 Å². The molecule has 1 aliphatic heterocycles. The summed E-state index contributed by atoms with van der Waals surface area (Å²) >= 11 is 1.99. The number of rotatable bonds is 2. The molecule has 0 aliphatic carbocycles. The highest BCUT2D eigenvalue weighted by Gasteiger charge is 2.19. The molecule has 6 aromatic carbocycles. The standard InChI is InChI=1S/C38H24O2S/c1-3-11-33-30(7-1)37-28(9-5-13-35(37)39-33)23-17-18-27-26(19-23)22-41-21-25-16-15-24(20-32(25)27)29-10-6-14-36-38(29)31-8-2-4-12-34(31)40-36/h1-20H,21-22H2. The van der Waals surface area contributed by atoms with Crippen LogP contribution in [0.15, 0.2) is 130 Å². The van der Waals surface area contributed by atoms with Crippen LogP contribution in [0.25, 0.3) is 77.3 Å². The minimum Gasteiger partial charge on any atom is -0.456 e. The molecule has 2 aromatic heterocycles. The predicted molar refractivity (Wildman–Crippen MR) is 172 cm³/mol. The molecule has 0 amide bonds. The van der Waals surface area contributed by atoms with E-state index in [2.05, 4.69) is 97.1 Å². The van der Waals surface area contributed by atoms with Crippen LogP contribution in [0.1, 0.15) is 11.1 Å². The molecule has 0 saturated carbocycles. The van der Waals surface area contributed by atoms with Crippen molar-refractivity contribution in [3.05, 3.63) is 132 Å². The van der Waals surface area contributed by atoms with Crippen molar-refractivity contribution < 1.29 is 8.83 Å². The zero-order valence-electron chi connectivity index (χ0n) is 22.2. The van der Waals surface area contributed by atoms with Gasteiger partial charge in [-0.25, -0.2) is 0 Å². The summed E-state index contributed by atoms with van der Waals surface area (Å²) in [5.74, 6) is 1.98. The first-order valence-electron chi connectivity index (χ1n) is 14.0. The molecule has 0 saturated heterocycles. The van der Waals surface area contributed by atoms with Crippen molar-refractivity contribution in [3.8, 4) is 33.4 Å². The maximum atomic E-state index is 6.20. The van der Waals surface area contributed by atoms with E-state index in [-0.39, 0.29) is 0 Å². The fraction of sp³-hybridized carbons (Fsp3) is 0.0526. The van der Waals surface area contributed by atoms with Gasteiger partial charge in [-0.05, 0) is 80.9 Å². The molecule has 9 rings (SSSR count). The number of furan rings is 2. The van der Waals surface area contributed by atoms with Gasteiger partial charge in [-0.15, -0.1) is 0 Å². The van der Waals surface area contributed by atoms with E-state index >= 15 is 0 Å². The Hall–Kier alpha value is -4.73. The van der Waals surface area contributed by atoms with Crippen LogP contribution in [0.5, 0.6) is 0 Å². The average Bonchev–Trinajstić information content (AvgIpc) is 3.54. The van der Waals surface area contributed by atoms with Crippen LogP contribution in [-0.4, -0.2) is 0 Å². The first-order chi connectivity index (χ1) is 20.3. The van der Waals surface area contributed by atoms with Crippen molar-refractivity contribution in [3.63, 3.8) is 0 Å². The molecule has 8 aromatic rings. The lowest BCUT2D eigenvalue weighted by molar-refractivity contribution is 0.668. The Labute approximate surface area is 241 Å². The number of thioether (sulfide) groups is 1. The van der Waals surface area contributed by atoms with E-state index in [1.165, 1.54) is 60.7 Å². The van der Waals surface area contributed by atoms with Crippen molar-refractivity contribution in [2.24, 2.45) is 0 Å². The van der Waals surface area contributed by atoms with Crippen LogP contribution in [0, 0.1) is 0 Å². The zero-order valence-corrected chi connectivity index (χ0v) is 23.0. The van der Waals surface area contributed by atoms with Crippen LogP contribution in [0.4, 0.5) is 0 Å². The molecule has 0 bridgehead atoms. The second-order valence-corrected chi connectivity index (χ2v) is 11.8. The lowest BCUT2D eigenvalue weighted by atomic mass is 9.89. The van der Waals surface area contributed by atoms with Gasteiger partial charge in [0.1, 0.15) is 22.3 Å². The smallest absolute Gasteiger partial charge is 0.136 e. The molecule has 3 heteroatoms. The third-order valence-electron chi connectivity index (χ3n) is 8.45. The minimum absolute atomic E-state index is 0.930. The van der Waals surface area contributed by atoms with E-state index in [0.29, 0.717) is 0 Å². The molecule has 3 heterocycles. The monoisotopic (exact) mass is 544 g/mol. The van der Waals surface area contributed by atoms with Gasteiger partial charge in [0.2, 0.25) is 0 Å². The summed E-state index contributed by atoms with van der Waals surface area (Å²) in [6.07, 6.45) is 0. The summed E-state index contributed by atoms with van der Waals surface area (Å²) in [5.41, 5.74) is 14.0. The number of benzene rings is 6. The molecule has 1 aliphatic rings. The highest BCUT2D eigenvalue weighted by Crippen LogP contribution is 2.43. The summed E-state index contributed by atoms with van der Waals surface area (Å²) in [6.45, 7) is 0. The van der Waals surface area contributed by atoms with E-state index in [0.717, 1.165) is 39.2 Å². The molecule has 194 valence electrons. The van der Waals surface area contributed by atoms with Crippen LogP contribution in [0.2, 0.25) is 0 Å². The van der Waals surface area contributed by atoms with Crippen LogP contribution in [0.3, 0.4) is 0 Å². The summed E-state index contributed by atoms with van der Waals surface area (Å²) in [4.78, 5) is 0. The fourth-order valence-electron chi connectivity index (χ4n) is 6.57. The lowest BCUT2D eigenvalue weighted by Crippen LogP contribution is -1.91. The third kappa shape index (κ3) is 3.52. The lowest BCUT2D eigenvalue weighted by Gasteiger charge is -2.14. The molecule has 0 unspecified atom stereocenters. The first-order valence-corrected chi connectivity index (χ1v) is 15.1. The fourth-order valence-corrected chi connectivity index (χ4v) is 7.60. The summed E-state index contributed by atoms with van der Waals surface area (Å²) in [5, 5.41) is 4.70. The SMILES string of the molecule is c1ccc2c(c1)oc1cccc(-c3ccc4c(c3)CSCc3ccc(-c5cccc6oc7ccccc7c56)cc3-4)c12. The molecule has 0 spiro atoms. The molecule has 0 atom stereocenters. The van der Waals surface area contributed by atoms with Crippen molar-refractivity contribution in [1.29, 1.82) is 0 Å². The maximum Gasteiger partial charge on any atom is 0.136 e. The van der Waals surface area contributed by atoms with Gasteiger partial charge >= 0.3 is 0 Å². The van der Waals surface area contributed by atoms with Gasteiger partial charge < -0.3 is 8.83 Å². The average molecular weight is 545 g/mol. The summed E-state index contributed by atoms with van der Waals surface area (Å²) < 4.78 is 12.4. The van der Waals surface area contributed by atoms with Gasteiger partial charge in [-0.3, -0.25) is 0 Å². The van der Waals surface area contributed by atoms with Gasteiger partial charge in [-0.1, -0.05) is 84.9 Å². The normalized spacial score (nSPS) is 13.1. The zero-order chi connectivity index (χ0) is 26.9. The Morgan fingerprint density at radius 2 is 0.976 bits per heavy atom. The Morgan fingerprint density at radius 3 is 1.66 bits per heavy atom. The van der Waals surface area contributed by atoms with Gasteiger partial charge in [0.05, 0.1) is 0 Å². The number of hydrogen-bond donors (Lipinski definition) is 0. The van der Waals surface area contributed by atoms with E-state index in [1.807, 2.05) is 36.0 Å². The van der Waals surface area contributed by atoms with E-state index < -0.39 is 0 Å². The van der Waals surface area contributed by atoms with Crippen molar-refractivity contribution in [1.82, 2.24) is 0 Å². The van der Waals surface area contributed by atoms with Crippen molar-refractivity contribution in [2.45, 2.75) is 11.5 Å². The Bertz CT molecular complexity index is 2300. The van der Waals surface area contributed by atoms with E-state index in [1.54, 1.807) is 0 Å². The summed E-state index contributed by atoms with van der Waals surface area (Å²) in [6, 6.07) is 43.4. The second kappa shape index (κ2) is 8.89. The molecule has 2 nitrogen and oxygen atoms in total. The number of para-hydroxylation sites is 2. The maximum absolute atomic E-state index is 6.20. The van der Waals surface area contributed by atoms with Gasteiger partial charge in [0.15, 0.2) is 0 Å². The van der Waals surface area contributed by atoms with Crippen LogP contribution in [-0.2, 0) is 11.5 Å². The molecule has 0 N–H and O–H groups in total. The van der Waals surface area contributed by atoms with E-state index in [9.17, 15) is 0 Å². The highest BCUT2D eigenvalue weighted by molar-refractivity contribution is 7.97. The predicted octanol–water partition coefficient (Wildman–Crippen LogP) is 11.2. The molecule has 0 radical (unpaired) electrons. The topological polar surface area (TPSA) is 26.3 Å². The quantitative estimate of drug-likeness (QED) is 0.216. The minimum atomic E-state index is 0.930. The molecular weight excluding hydrogens is 520 g/mol. The van der Waals surface area contributed by atoms with Crippen LogP contribution < -0.4 is 0 Å². The van der Waals surface area contributed by atoms with Gasteiger partial charge in [0, 0.05) is 33.1 Å². The summed E-state index contributed by atoms with van der Waals surface area (Å²) in [7, 11) is 0. The molecule has 41 heavy (non-hydrogen) atoms. The van der Waals surface area contributed by atoms with E-state index in [4.69, 9.17) is 8.83 Å². The van der Waals surface area contributed by atoms with Crippen molar-refractivity contribution in [2.75, 3.05) is 0 Å². The Balaban J connectivity index is 1.21. The van der Waals surface area contributed by atoms with Gasteiger partial charge in [-0.2, -0.15) is 11.8 Å². The molecular formula is C38H24O2S. The van der Waals surface area contributed by atoms with Crippen molar-refractivity contribution >= 4 is 55.6 Å².